The number of benzene rings is 2. The maximum absolute atomic E-state index is 3.76. The zero-order valence-electron chi connectivity index (χ0n) is 30.6. The fraction of sp³-hybridized carbons (Fsp3) is 0.528. The van der Waals surface area contributed by atoms with E-state index < -0.39 is 0 Å². The van der Waals surface area contributed by atoms with Crippen molar-refractivity contribution in [3.8, 4) is 0 Å². The van der Waals surface area contributed by atoms with Crippen molar-refractivity contribution in [3.05, 3.63) is 98.6 Å². The van der Waals surface area contributed by atoms with Crippen LogP contribution in [0.15, 0.2) is 54.6 Å². The van der Waals surface area contributed by atoms with Gasteiger partial charge in [-0.2, -0.15) is 6.42 Å². The van der Waals surface area contributed by atoms with Gasteiger partial charge in [0, 0.05) is 196 Å². The van der Waals surface area contributed by atoms with Gasteiger partial charge in [-0.1, -0.05) is 142 Å². The third-order valence-electron chi connectivity index (χ3n) is 4.45. The molecule has 2 aromatic rings. The van der Waals surface area contributed by atoms with Crippen LogP contribution in [0, 0.1) is 38.0 Å². The number of fused-ring (bicyclic) bond motifs is 2. The van der Waals surface area contributed by atoms with E-state index in [4.69, 9.17) is 0 Å². The molecule has 0 atom stereocenters. The first-order valence-corrected chi connectivity index (χ1v) is 13.1. The molecule has 0 spiro atoms. The second-order valence-electron chi connectivity index (χ2n) is 13.7. The van der Waals surface area contributed by atoms with Crippen molar-refractivity contribution in [2.24, 2.45) is 16.2 Å². The van der Waals surface area contributed by atoms with E-state index in [0.29, 0.717) is 16.2 Å². The van der Waals surface area contributed by atoms with Crippen molar-refractivity contribution in [2.75, 3.05) is 0 Å². The van der Waals surface area contributed by atoms with Crippen LogP contribution in [-0.4, -0.2) is 0 Å². The Balaban J connectivity index is -0.0000000385. The van der Waals surface area contributed by atoms with E-state index in [0.717, 1.165) is 12.8 Å². The molecule has 0 N–H and O–H groups in total. The van der Waals surface area contributed by atoms with Gasteiger partial charge in [-0.25, -0.2) is 0 Å². The number of hydrogen-bond donors (Lipinski definition) is 0. The van der Waals surface area contributed by atoms with E-state index in [1.807, 2.05) is 0 Å². The fourth-order valence-corrected chi connectivity index (χ4v) is 2.71. The molecule has 0 aliphatic heterocycles. The van der Waals surface area contributed by atoms with Gasteiger partial charge in [-0.05, 0) is 58.8 Å². The van der Waals surface area contributed by atoms with E-state index >= 15 is 0 Å². The molecule has 0 amide bonds. The smallest absolute Gasteiger partial charge is 0.358 e. The Morgan fingerprint density at radius 3 is 1.12 bits per heavy atom. The quantitative estimate of drug-likeness (QED) is 0.231. The second kappa shape index (κ2) is 40.7. The Morgan fingerprint density at radius 2 is 0.837 bits per heavy atom. The van der Waals surface area contributed by atoms with Crippen molar-refractivity contribution in [3.63, 3.8) is 0 Å². The minimum absolute atomic E-state index is 0. The second-order valence-corrected chi connectivity index (χ2v) is 13.7. The third kappa shape index (κ3) is 54.8. The normalized spacial score (nSPS) is 10.6. The number of hydrogen-bond acceptors (Lipinski definition) is 0. The zero-order valence-corrected chi connectivity index (χ0v) is 50.4. The molecule has 0 fully saturated rings. The van der Waals surface area contributed by atoms with Gasteiger partial charge in [-0.3, -0.25) is 0 Å². The molecular weight excluding hydrogens is 1050 g/mol. The molecule has 0 nitrogen and oxygen atoms in total. The molecule has 226 valence electrons. The van der Waals surface area contributed by atoms with Gasteiger partial charge in [-0.15, -0.1) is 0 Å². The number of rotatable bonds is 0. The third-order valence-corrected chi connectivity index (χ3v) is 4.45. The van der Waals surface area contributed by atoms with E-state index in [1.165, 1.54) is 30.4 Å². The van der Waals surface area contributed by atoms with Gasteiger partial charge in [0.05, 0.1) is 0 Å². The fourth-order valence-electron chi connectivity index (χ4n) is 2.71. The Kier molecular flexibility index (Phi) is 70.1. The average molecular weight is 1120 g/mol. The van der Waals surface area contributed by atoms with Crippen LogP contribution in [0.1, 0.15) is 111 Å². The standard InChI is InChI=1S/C9H10.C9H8.C6H13.2C5H12.2CH3.7Y/c2*1-2-5-9-7-3-6-8(9)4-1;1-5-6(2,3)4;2*1-5(2,3)4;;;;;;;;;/h1-2,4-5H,3,6-7H2;1-6H,7H2;1,5H2,2-4H3;2*1-4H3;2*1H3;;;;;;;/q;;-1;;;2*-1;;;;;;;+3. The number of allylic oxidation sites excluding steroid dienone is 1. The van der Waals surface area contributed by atoms with Crippen LogP contribution in [0.3, 0.4) is 0 Å². The summed E-state index contributed by atoms with van der Waals surface area (Å²) >= 11 is 0. The molecule has 0 saturated carbocycles. The topological polar surface area (TPSA) is 0 Å². The van der Waals surface area contributed by atoms with Crippen molar-refractivity contribution in [1.29, 1.82) is 0 Å². The zero-order chi connectivity index (χ0) is 26.4. The molecule has 43 heavy (non-hydrogen) atoms. The van der Waals surface area contributed by atoms with Crippen LogP contribution in [-0.2, 0) is 248 Å². The van der Waals surface area contributed by atoms with E-state index in [-0.39, 0.29) is 244 Å². The Bertz CT molecular complexity index is 788. The van der Waals surface area contributed by atoms with Gasteiger partial charge < -0.3 is 21.8 Å². The molecular formula is C36H61Y7. The minimum atomic E-state index is 0. The molecule has 0 unspecified atom stereocenters. The Hall–Kier alpha value is 5.91. The maximum Gasteiger partial charge on any atom is 3.00 e. The summed E-state index contributed by atoms with van der Waals surface area (Å²) in [6.07, 6.45) is 10.5. The number of aryl methyl sites for hydroxylation is 2. The summed E-state index contributed by atoms with van der Waals surface area (Å²) in [6, 6.07) is 17.2. The summed E-state index contributed by atoms with van der Waals surface area (Å²) in [5, 5.41) is 0. The molecule has 2 aliphatic rings. The average Bonchev–Trinajstić information content (AvgIpc) is 3.35. The van der Waals surface area contributed by atoms with Crippen LogP contribution in [0.5, 0.6) is 0 Å². The van der Waals surface area contributed by atoms with Gasteiger partial charge in [0.25, 0.3) is 0 Å². The first-order chi connectivity index (χ1) is 15.5. The van der Waals surface area contributed by atoms with Gasteiger partial charge >= 0.3 is 32.7 Å². The van der Waals surface area contributed by atoms with Crippen molar-refractivity contribution in [2.45, 2.75) is 108 Å². The predicted octanol–water partition coefficient (Wildman–Crippen LogP) is 11.7. The molecule has 2 aliphatic carbocycles. The van der Waals surface area contributed by atoms with Crippen LogP contribution in [0.25, 0.3) is 6.08 Å². The molecule has 7 heteroatoms. The summed E-state index contributed by atoms with van der Waals surface area (Å²) in [4.78, 5) is 0. The summed E-state index contributed by atoms with van der Waals surface area (Å²) in [5.41, 5.74) is 7.41. The maximum atomic E-state index is 3.76. The largest absolute Gasteiger partial charge is 3.00 e. The first-order valence-electron chi connectivity index (χ1n) is 13.1. The summed E-state index contributed by atoms with van der Waals surface area (Å²) in [6.45, 7) is 27.8. The molecule has 0 aromatic heterocycles. The van der Waals surface area contributed by atoms with Gasteiger partial charge in [0.1, 0.15) is 0 Å². The van der Waals surface area contributed by atoms with Gasteiger partial charge in [0.2, 0.25) is 0 Å². The van der Waals surface area contributed by atoms with Crippen LogP contribution in [0.4, 0.5) is 0 Å². The van der Waals surface area contributed by atoms with Crippen molar-refractivity contribution < 1.29 is 229 Å². The first kappa shape index (κ1) is 74.2. The van der Waals surface area contributed by atoms with Crippen LogP contribution < -0.4 is 0 Å². The summed E-state index contributed by atoms with van der Waals surface area (Å²) in [5.74, 6) is 0. The van der Waals surface area contributed by atoms with Crippen LogP contribution >= 0.6 is 0 Å². The molecule has 2 aromatic carbocycles. The molecule has 0 bridgehead atoms. The Morgan fingerprint density at radius 1 is 0.558 bits per heavy atom. The predicted molar refractivity (Wildman–Crippen MR) is 170 cm³/mol. The van der Waals surface area contributed by atoms with Crippen LogP contribution in [0.2, 0.25) is 0 Å². The SMILES string of the molecule is C1=Cc2ccccc2C1.CC(C)(C)C.CC(C)(C)C.[CH2-]CC(C)(C)C.[CH3-].[CH3-].[Y+3].[Y].[Y].[Y].[Y].[Y].[Y].c1ccc2c(c1)CCC2. The molecule has 0 saturated heterocycles. The minimum Gasteiger partial charge on any atom is -0.358 e. The summed E-state index contributed by atoms with van der Waals surface area (Å²) in [7, 11) is 0. The van der Waals surface area contributed by atoms with Crippen molar-refractivity contribution in [1.82, 2.24) is 0 Å². The van der Waals surface area contributed by atoms with Crippen molar-refractivity contribution >= 4 is 6.08 Å². The monoisotopic (exact) mass is 1120 g/mol. The van der Waals surface area contributed by atoms with Gasteiger partial charge in [0.15, 0.2) is 0 Å². The van der Waals surface area contributed by atoms with E-state index in [2.05, 4.69) is 144 Å². The Labute approximate surface area is 448 Å². The molecule has 6 radical (unpaired) electrons. The molecule has 4 rings (SSSR count). The molecule has 0 heterocycles. The van der Waals surface area contributed by atoms with E-state index in [1.54, 1.807) is 11.1 Å². The summed E-state index contributed by atoms with van der Waals surface area (Å²) < 4.78 is 0. The van der Waals surface area contributed by atoms with E-state index in [9.17, 15) is 0 Å².